The van der Waals surface area contributed by atoms with Crippen molar-refractivity contribution in [3.63, 3.8) is 0 Å². The number of ether oxygens (including phenoxy) is 1. The van der Waals surface area contributed by atoms with E-state index in [1.165, 1.54) is 16.7 Å². The second-order valence-corrected chi connectivity index (χ2v) is 5.37. The Bertz CT molecular complexity index is 583. The average molecular weight is 290 g/mol. The van der Waals surface area contributed by atoms with Crippen LogP contribution in [0.1, 0.15) is 29.0 Å². The number of benzene rings is 2. The van der Waals surface area contributed by atoms with Gasteiger partial charge in [0.15, 0.2) is 0 Å². The fraction of sp³-hybridized carbons (Fsp3) is 0.294. The standard InChI is InChI=1S/C17H20ClNO/c1-12-6-7-17(20-2)16(10-12)15(8-9-19)13-4-3-5-14(18)11-13/h3-7,10-11,15H,8-9,19H2,1-2H3. The summed E-state index contributed by atoms with van der Waals surface area (Å²) in [6, 6.07) is 14.2. The third-order valence-corrected chi connectivity index (χ3v) is 3.70. The van der Waals surface area contributed by atoms with Gasteiger partial charge in [-0.15, -0.1) is 0 Å². The van der Waals surface area contributed by atoms with Crippen LogP contribution in [0.4, 0.5) is 0 Å². The minimum absolute atomic E-state index is 0.202. The zero-order valence-electron chi connectivity index (χ0n) is 11.9. The topological polar surface area (TPSA) is 35.2 Å². The molecule has 2 aromatic carbocycles. The van der Waals surface area contributed by atoms with Gasteiger partial charge in [-0.1, -0.05) is 41.4 Å². The zero-order valence-corrected chi connectivity index (χ0v) is 12.7. The van der Waals surface area contributed by atoms with Crippen molar-refractivity contribution in [3.05, 3.63) is 64.2 Å². The number of rotatable bonds is 5. The van der Waals surface area contributed by atoms with Crippen LogP contribution in [-0.4, -0.2) is 13.7 Å². The minimum atomic E-state index is 0.202. The highest BCUT2D eigenvalue weighted by molar-refractivity contribution is 6.30. The molecule has 1 atom stereocenters. The summed E-state index contributed by atoms with van der Waals surface area (Å²) in [6.45, 7) is 2.70. The highest BCUT2D eigenvalue weighted by Crippen LogP contribution is 2.35. The monoisotopic (exact) mass is 289 g/mol. The van der Waals surface area contributed by atoms with Gasteiger partial charge in [0.1, 0.15) is 5.75 Å². The van der Waals surface area contributed by atoms with E-state index >= 15 is 0 Å². The minimum Gasteiger partial charge on any atom is -0.496 e. The molecular formula is C17H20ClNO. The SMILES string of the molecule is COc1ccc(C)cc1C(CCN)c1cccc(Cl)c1. The van der Waals surface area contributed by atoms with E-state index in [9.17, 15) is 0 Å². The Morgan fingerprint density at radius 2 is 2.00 bits per heavy atom. The van der Waals surface area contributed by atoms with Gasteiger partial charge in [-0.25, -0.2) is 0 Å². The summed E-state index contributed by atoms with van der Waals surface area (Å²) in [6.07, 6.45) is 0.861. The van der Waals surface area contributed by atoms with Gasteiger partial charge >= 0.3 is 0 Å². The second-order valence-electron chi connectivity index (χ2n) is 4.93. The Morgan fingerprint density at radius 3 is 2.65 bits per heavy atom. The van der Waals surface area contributed by atoms with E-state index in [1.807, 2.05) is 24.3 Å². The summed E-state index contributed by atoms with van der Waals surface area (Å²) < 4.78 is 5.51. The summed E-state index contributed by atoms with van der Waals surface area (Å²) in [5.41, 5.74) is 9.35. The maximum Gasteiger partial charge on any atom is 0.122 e. The van der Waals surface area contributed by atoms with Crippen LogP contribution < -0.4 is 10.5 Å². The van der Waals surface area contributed by atoms with Crippen LogP contribution in [0.2, 0.25) is 5.02 Å². The van der Waals surface area contributed by atoms with Crippen LogP contribution in [0.25, 0.3) is 0 Å². The molecule has 0 spiro atoms. The van der Waals surface area contributed by atoms with Crippen LogP contribution in [0.15, 0.2) is 42.5 Å². The molecule has 0 fully saturated rings. The van der Waals surface area contributed by atoms with E-state index in [0.717, 1.165) is 17.2 Å². The summed E-state index contributed by atoms with van der Waals surface area (Å²) in [5, 5.41) is 0.746. The first-order valence-corrected chi connectivity index (χ1v) is 7.13. The molecule has 1 unspecified atom stereocenters. The van der Waals surface area contributed by atoms with Crippen LogP contribution in [0.3, 0.4) is 0 Å². The van der Waals surface area contributed by atoms with Gasteiger partial charge in [-0.05, 0) is 43.7 Å². The lowest BCUT2D eigenvalue weighted by Gasteiger charge is -2.20. The van der Waals surface area contributed by atoms with Crippen molar-refractivity contribution in [2.75, 3.05) is 13.7 Å². The molecule has 0 aliphatic carbocycles. The molecule has 0 saturated heterocycles. The van der Waals surface area contributed by atoms with Crippen molar-refractivity contribution >= 4 is 11.6 Å². The van der Waals surface area contributed by atoms with Gasteiger partial charge in [0, 0.05) is 16.5 Å². The fourth-order valence-corrected chi connectivity index (χ4v) is 2.72. The molecule has 2 nitrogen and oxygen atoms in total. The smallest absolute Gasteiger partial charge is 0.122 e. The number of hydrogen-bond acceptors (Lipinski definition) is 2. The van der Waals surface area contributed by atoms with Crippen molar-refractivity contribution in [2.45, 2.75) is 19.3 Å². The highest BCUT2D eigenvalue weighted by Gasteiger charge is 2.18. The molecular weight excluding hydrogens is 270 g/mol. The van der Waals surface area contributed by atoms with E-state index in [1.54, 1.807) is 7.11 Å². The molecule has 2 rings (SSSR count). The predicted molar refractivity (Wildman–Crippen MR) is 84.7 cm³/mol. The van der Waals surface area contributed by atoms with Gasteiger partial charge in [0.25, 0.3) is 0 Å². The highest BCUT2D eigenvalue weighted by atomic mass is 35.5. The van der Waals surface area contributed by atoms with Crippen LogP contribution in [-0.2, 0) is 0 Å². The van der Waals surface area contributed by atoms with Crippen molar-refractivity contribution in [1.29, 1.82) is 0 Å². The van der Waals surface area contributed by atoms with E-state index < -0.39 is 0 Å². The lowest BCUT2D eigenvalue weighted by Crippen LogP contribution is -2.10. The quantitative estimate of drug-likeness (QED) is 0.898. The third kappa shape index (κ3) is 3.33. The summed E-state index contributed by atoms with van der Waals surface area (Å²) in [7, 11) is 1.70. The first-order chi connectivity index (χ1) is 9.65. The van der Waals surface area contributed by atoms with Crippen LogP contribution in [0, 0.1) is 6.92 Å². The number of halogens is 1. The molecule has 0 radical (unpaired) electrons. The number of nitrogens with two attached hydrogens (primary N) is 1. The Kier molecular flexibility index (Phi) is 5.05. The van der Waals surface area contributed by atoms with Crippen molar-refractivity contribution in [3.8, 4) is 5.75 Å². The van der Waals surface area contributed by atoms with E-state index in [-0.39, 0.29) is 5.92 Å². The van der Waals surface area contributed by atoms with Gasteiger partial charge in [-0.2, -0.15) is 0 Å². The van der Waals surface area contributed by atoms with E-state index in [2.05, 4.69) is 25.1 Å². The van der Waals surface area contributed by atoms with Crippen molar-refractivity contribution in [2.24, 2.45) is 5.73 Å². The molecule has 0 heterocycles. The van der Waals surface area contributed by atoms with E-state index in [4.69, 9.17) is 22.1 Å². The number of methoxy groups -OCH3 is 1. The third-order valence-electron chi connectivity index (χ3n) is 3.47. The number of hydrogen-bond donors (Lipinski definition) is 1. The summed E-state index contributed by atoms with van der Waals surface area (Å²) in [4.78, 5) is 0. The van der Waals surface area contributed by atoms with Gasteiger partial charge in [-0.3, -0.25) is 0 Å². The molecule has 3 heteroatoms. The average Bonchev–Trinajstić information content (AvgIpc) is 2.44. The molecule has 106 valence electrons. The Labute approximate surface area is 125 Å². The zero-order chi connectivity index (χ0) is 14.5. The van der Waals surface area contributed by atoms with Crippen LogP contribution in [0.5, 0.6) is 5.75 Å². The Balaban J connectivity index is 2.50. The largest absolute Gasteiger partial charge is 0.496 e. The first-order valence-electron chi connectivity index (χ1n) is 6.75. The van der Waals surface area contributed by atoms with Crippen molar-refractivity contribution < 1.29 is 4.74 Å². The maximum atomic E-state index is 6.12. The number of aryl methyl sites for hydroxylation is 1. The second kappa shape index (κ2) is 6.78. The lowest BCUT2D eigenvalue weighted by atomic mass is 9.87. The molecule has 0 amide bonds. The molecule has 2 aromatic rings. The fourth-order valence-electron chi connectivity index (χ4n) is 2.52. The molecule has 0 aliphatic heterocycles. The summed E-state index contributed by atoms with van der Waals surface area (Å²) >= 11 is 6.12. The molecule has 0 aliphatic rings. The molecule has 0 aromatic heterocycles. The molecule has 20 heavy (non-hydrogen) atoms. The van der Waals surface area contributed by atoms with Crippen molar-refractivity contribution in [1.82, 2.24) is 0 Å². The van der Waals surface area contributed by atoms with E-state index in [0.29, 0.717) is 6.54 Å². The normalized spacial score (nSPS) is 12.2. The van der Waals surface area contributed by atoms with Gasteiger partial charge in [0.2, 0.25) is 0 Å². The summed E-state index contributed by atoms with van der Waals surface area (Å²) in [5.74, 6) is 1.10. The lowest BCUT2D eigenvalue weighted by molar-refractivity contribution is 0.406. The molecule has 2 N–H and O–H groups in total. The van der Waals surface area contributed by atoms with Gasteiger partial charge in [0.05, 0.1) is 7.11 Å². The Hall–Kier alpha value is -1.51. The predicted octanol–water partition coefficient (Wildman–Crippen LogP) is 4.14. The van der Waals surface area contributed by atoms with Gasteiger partial charge < -0.3 is 10.5 Å². The first kappa shape index (κ1) is 14.9. The maximum absolute atomic E-state index is 6.12. The molecule has 0 bridgehead atoms. The molecule has 0 saturated carbocycles. The Morgan fingerprint density at radius 1 is 1.20 bits per heavy atom. The van der Waals surface area contributed by atoms with Crippen LogP contribution >= 0.6 is 11.6 Å².